The van der Waals surface area contributed by atoms with E-state index >= 15 is 0 Å². The predicted molar refractivity (Wildman–Crippen MR) is 221 cm³/mol. The Kier molecular flexibility index (Phi) is 9.83. The monoisotopic (exact) mass is 802 g/mol. The number of fused-ring (bicyclic) bond motifs is 1. The molecule has 0 bridgehead atoms. The quantitative estimate of drug-likeness (QED) is 0.282. The van der Waals surface area contributed by atoms with E-state index in [1.807, 2.05) is 36.2 Å². The van der Waals surface area contributed by atoms with Gasteiger partial charge in [0.1, 0.15) is 17.7 Å². The van der Waals surface area contributed by atoms with Crippen LogP contribution in [0.2, 0.25) is 0 Å². The molecule has 17 nitrogen and oxygen atoms in total. The molecule has 2 aromatic heterocycles. The van der Waals surface area contributed by atoms with E-state index in [1.54, 1.807) is 23.4 Å². The lowest BCUT2D eigenvalue weighted by molar-refractivity contribution is -0.125. The van der Waals surface area contributed by atoms with Gasteiger partial charge in [-0.25, -0.2) is 19.7 Å². The second-order valence-electron chi connectivity index (χ2n) is 16.8. The fourth-order valence-electron chi connectivity index (χ4n) is 9.69. The van der Waals surface area contributed by atoms with Gasteiger partial charge in [-0.15, -0.1) is 0 Å². The number of benzene rings is 1. The van der Waals surface area contributed by atoms with Crippen LogP contribution in [0.5, 0.6) is 0 Å². The number of allylic oxidation sites excluding steroid dienone is 1. The third-order valence-electron chi connectivity index (χ3n) is 13.3. The molecule has 1 spiro atoms. The molecule has 0 radical (unpaired) electrons. The van der Waals surface area contributed by atoms with E-state index in [0.717, 1.165) is 94.2 Å². The summed E-state index contributed by atoms with van der Waals surface area (Å²) in [5, 5.41) is 5.92. The molecule has 4 N–H and O–H groups in total. The first-order chi connectivity index (χ1) is 28.5. The fraction of sp³-hybridized carbons (Fsp3) is 0.476. The van der Waals surface area contributed by atoms with Crippen LogP contribution in [0.4, 0.5) is 33.6 Å². The number of carbonyl (C=O) groups is 5. The molecule has 0 saturated carbocycles. The first kappa shape index (κ1) is 38.3. The first-order valence-corrected chi connectivity index (χ1v) is 20.6. The topological polar surface area (TPSA) is 194 Å². The number of hydrogen-bond donors (Lipinski definition) is 3. The van der Waals surface area contributed by atoms with E-state index in [-0.39, 0.29) is 34.9 Å². The van der Waals surface area contributed by atoms with Gasteiger partial charge in [-0.3, -0.25) is 24.1 Å². The van der Waals surface area contributed by atoms with Crippen molar-refractivity contribution >= 4 is 58.5 Å². The summed E-state index contributed by atoms with van der Waals surface area (Å²) in [6.07, 6.45) is 10.2. The summed E-state index contributed by atoms with van der Waals surface area (Å²) in [7, 11) is 1.83. The minimum absolute atomic E-state index is 0.0406. The maximum absolute atomic E-state index is 13.5. The molecule has 308 valence electrons. The summed E-state index contributed by atoms with van der Waals surface area (Å²) < 4.78 is 0. The van der Waals surface area contributed by atoms with Gasteiger partial charge in [-0.2, -0.15) is 0 Å². The number of nitrogens with one attached hydrogen (secondary N) is 2. The van der Waals surface area contributed by atoms with E-state index < -0.39 is 23.8 Å². The number of hydrogen-bond acceptors (Lipinski definition) is 12. The molecule has 0 aliphatic carbocycles. The molecule has 9 rings (SSSR count). The van der Waals surface area contributed by atoms with E-state index in [4.69, 9.17) is 15.7 Å². The van der Waals surface area contributed by atoms with Crippen molar-refractivity contribution in [2.24, 2.45) is 11.1 Å². The zero-order valence-electron chi connectivity index (χ0n) is 33.4. The number of carbonyl (C=O) groups excluding carboxylic acids is 5. The standard InChI is InChI=1S/C42H50N12O5/c1-26-5-9-32(38(56)46-26)54-39(57)30-8-7-28(22-31(30)40(54)58)50-16-11-42(12-17-50)13-18-51(19-14-42)33-10-6-27(23-44-33)47-37-35(36(43)55)45-24-34(48-37)52-15-3-4-29(25-52)53-21-20-49(2)41(53)59/h6-8,10,22-24,29,32H,1,3-5,9,11-21,25H2,2H3,(H2,43,55)(H,46,56)(H,47,48)/t29-,32?/m0/s1. The SMILES string of the molecule is C=C1CCC(N2C(=O)c3ccc(N4CCC5(CC4)CCN(c4ccc(Nc6nc(N7CCC[C@H](N8CCN(C)C8=O)C7)cnc6C(N)=O)cn4)CC5)cc3C2=O)C(=O)N1. The molecule has 6 aliphatic rings. The van der Waals surface area contributed by atoms with Crippen molar-refractivity contribution in [1.29, 1.82) is 0 Å². The zero-order valence-corrected chi connectivity index (χ0v) is 33.4. The van der Waals surface area contributed by atoms with Crippen molar-refractivity contribution < 1.29 is 24.0 Å². The summed E-state index contributed by atoms with van der Waals surface area (Å²) in [5.41, 5.74) is 8.84. The number of nitrogens with two attached hydrogens (primary N) is 1. The average Bonchev–Trinajstić information content (AvgIpc) is 3.71. The van der Waals surface area contributed by atoms with Crippen molar-refractivity contribution in [3.8, 4) is 0 Å². The van der Waals surface area contributed by atoms with Gasteiger partial charge < -0.3 is 40.9 Å². The molecule has 2 atom stereocenters. The third kappa shape index (κ3) is 7.16. The van der Waals surface area contributed by atoms with Gasteiger partial charge in [0.05, 0.1) is 35.2 Å². The zero-order chi connectivity index (χ0) is 41.0. The molecule has 3 aromatic rings. The summed E-state index contributed by atoms with van der Waals surface area (Å²) in [6, 6.07) is 8.67. The average molecular weight is 803 g/mol. The second kappa shape index (κ2) is 15.2. The number of pyridine rings is 1. The van der Waals surface area contributed by atoms with Crippen LogP contribution < -0.4 is 31.1 Å². The minimum Gasteiger partial charge on any atom is -0.371 e. The Morgan fingerprint density at radius 1 is 0.847 bits per heavy atom. The van der Waals surface area contributed by atoms with Crippen LogP contribution in [0, 0.1) is 5.41 Å². The lowest BCUT2D eigenvalue weighted by Crippen LogP contribution is -2.51. The van der Waals surface area contributed by atoms with Crippen molar-refractivity contribution in [3.63, 3.8) is 0 Å². The highest BCUT2D eigenvalue weighted by Gasteiger charge is 2.45. The minimum atomic E-state index is -0.826. The highest BCUT2D eigenvalue weighted by Crippen LogP contribution is 2.43. The predicted octanol–water partition coefficient (Wildman–Crippen LogP) is 3.33. The first-order valence-electron chi connectivity index (χ1n) is 20.6. The number of anilines is 5. The Bertz CT molecular complexity index is 2210. The third-order valence-corrected chi connectivity index (χ3v) is 13.3. The van der Waals surface area contributed by atoms with Crippen LogP contribution in [0.15, 0.2) is 55.0 Å². The number of amides is 6. The molecule has 1 aromatic carbocycles. The van der Waals surface area contributed by atoms with Crippen LogP contribution in [0.25, 0.3) is 0 Å². The molecular weight excluding hydrogens is 753 g/mol. The van der Waals surface area contributed by atoms with Crippen molar-refractivity contribution in [3.05, 3.63) is 71.8 Å². The molecule has 6 amide bonds. The number of nitrogens with zero attached hydrogens (tertiary/aromatic N) is 9. The van der Waals surface area contributed by atoms with Gasteiger partial charge >= 0.3 is 6.03 Å². The number of likely N-dealkylation sites (N-methyl/N-ethyl adjacent to an activating group) is 1. The number of aromatic nitrogens is 3. The highest BCUT2D eigenvalue weighted by molar-refractivity contribution is 6.23. The molecule has 59 heavy (non-hydrogen) atoms. The van der Waals surface area contributed by atoms with Crippen molar-refractivity contribution in [1.82, 2.24) is 35.0 Å². The van der Waals surface area contributed by atoms with Crippen LogP contribution >= 0.6 is 0 Å². The van der Waals surface area contributed by atoms with E-state index in [2.05, 4.69) is 36.9 Å². The molecule has 17 heteroatoms. The van der Waals surface area contributed by atoms with Crippen LogP contribution in [0.3, 0.4) is 0 Å². The Morgan fingerprint density at radius 2 is 1.59 bits per heavy atom. The number of imide groups is 1. The number of urea groups is 1. The van der Waals surface area contributed by atoms with E-state index in [9.17, 15) is 24.0 Å². The number of piperidine rings is 4. The maximum atomic E-state index is 13.5. The van der Waals surface area contributed by atoms with Gasteiger partial charge in [-0.1, -0.05) is 6.58 Å². The number of primary amides is 1. The van der Waals surface area contributed by atoms with Crippen molar-refractivity contribution in [2.75, 3.05) is 79.4 Å². The van der Waals surface area contributed by atoms with Crippen molar-refractivity contribution in [2.45, 2.75) is 63.5 Å². The van der Waals surface area contributed by atoms with Crippen LogP contribution in [0.1, 0.15) is 82.6 Å². The molecule has 5 fully saturated rings. The lowest BCUT2D eigenvalue weighted by atomic mass is 9.71. The van der Waals surface area contributed by atoms with Crippen LogP contribution in [-0.2, 0) is 4.79 Å². The number of rotatable bonds is 8. The highest BCUT2D eigenvalue weighted by atomic mass is 16.2. The smallest absolute Gasteiger partial charge is 0.320 e. The Morgan fingerprint density at radius 3 is 2.27 bits per heavy atom. The lowest BCUT2D eigenvalue weighted by Gasteiger charge is -2.47. The Balaban J connectivity index is 0.798. The molecule has 1 unspecified atom stereocenters. The molecule has 6 aliphatic heterocycles. The van der Waals surface area contributed by atoms with Gasteiger partial charge in [0.25, 0.3) is 17.7 Å². The molecule has 5 saturated heterocycles. The van der Waals surface area contributed by atoms with E-state index in [1.165, 1.54) is 0 Å². The summed E-state index contributed by atoms with van der Waals surface area (Å²) in [4.78, 5) is 89.9. The molecular formula is C42H50N12O5. The summed E-state index contributed by atoms with van der Waals surface area (Å²) in [6.45, 7) is 10.1. The summed E-state index contributed by atoms with van der Waals surface area (Å²) in [5.74, 6) is -0.128. The Labute approximate surface area is 342 Å². The maximum Gasteiger partial charge on any atom is 0.320 e. The second-order valence-corrected chi connectivity index (χ2v) is 16.8. The normalized spacial score (nSPS) is 23.3. The van der Waals surface area contributed by atoms with Gasteiger partial charge in [-0.05, 0) is 87.1 Å². The van der Waals surface area contributed by atoms with Gasteiger partial charge in [0.2, 0.25) is 5.91 Å². The molecule has 8 heterocycles. The van der Waals surface area contributed by atoms with Gasteiger partial charge in [0.15, 0.2) is 11.5 Å². The van der Waals surface area contributed by atoms with E-state index in [0.29, 0.717) is 54.3 Å². The summed E-state index contributed by atoms with van der Waals surface area (Å²) >= 11 is 0. The Hall–Kier alpha value is -6.26. The van der Waals surface area contributed by atoms with Crippen LogP contribution in [-0.4, -0.2) is 131 Å². The largest absolute Gasteiger partial charge is 0.371 e. The van der Waals surface area contributed by atoms with Gasteiger partial charge in [0, 0.05) is 70.8 Å². The fourth-order valence-corrected chi connectivity index (χ4v) is 9.69.